The van der Waals surface area contributed by atoms with Crippen LogP contribution in [0.2, 0.25) is 5.02 Å². The Balaban J connectivity index is 1.51. The van der Waals surface area contributed by atoms with Gasteiger partial charge in [0.05, 0.1) is 0 Å². The van der Waals surface area contributed by atoms with Crippen LogP contribution in [0.3, 0.4) is 0 Å². The Bertz CT molecular complexity index is 1480. The van der Waals surface area contributed by atoms with E-state index in [2.05, 4.69) is 4.98 Å². The predicted octanol–water partition coefficient (Wildman–Crippen LogP) is 5.94. The van der Waals surface area contributed by atoms with Crippen LogP contribution in [0.4, 0.5) is 4.39 Å². The van der Waals surface area contributed by atoms with Crippen molar-refractivity contribution in [3.05, 3.63) is 117 Å². The summed E-state index contributed by atoms with van der Waals surface area (Å²) in [5.74, 6) is 0.0576. The zero-order valence-electron chi connectivity index (χ0n) is 22.4. The molecule has 0 radical (unpaired) electrons. The molecule has 0 aliphatic carbocycles. The van der Waals surface area contributed by atoms with Gasteiger partial charge in [0, 0.05) is 42.2 Å². The van der Waals surface area contributed by atoms with E-state index in [0.29, 0.717) is 47.6 Å². The summed E-state index contributed by atoms with van der Waals surface area (Å²) in [4.78, 5) is 32.2. The maximum Gasteiger partial charge on any atom is 0.276 e. The number of rotatable bonds is 12. The fraction of sp³-hybridized carbons (Fsp3) is 0.258. The first kappa shape index (κ1) is 29.5. The maximum absolute atomic E-state index is 13.5. The minimum absolute atomic E-state index is 0.0264. The van der Waals surface area contributed by atoms with Crippen molar-refractivity contribution in [2.45, 2.75) is 43.8 Å². The third-order valence-corrected chi connectivity index (χ3v) is 7.71. The van der Waals surface area contributed by atoms with Gasteiger partial charge in [0.15, 0.2) is 5.16 Å². The van der Waals surface area contributed by atoms with Crippen molar-refractivity contribution in [1.82, 2.24) is 14.5 Å². The van der Waals surface area contributed by atoms with Gasteiger partial charge in [-0.15, -0.1) is 0 Å². The Morgan fingerprint density at radius 2 is 1.62 bits per heavy atom. The van der Waals surface area contributed by atoms with E-state index in [0.717, 1.165) is 28.7 Å². The molecule has 1 aromatic heterocycles. The average Bonchev–Trinajstić information content (AvgIpc) is 2.95. The highest BCUT2D eigenvalue weighted by atomic mass is 35.5. The molecule has 6 nitrogen and oxygen atoms in total. The number of aromatic nitrogens is 2. The van der Waals surface area contributed by atoms with E-state index in [-0.39, 0.29) is 23.8 Å². The normalized spacial score (nSPS) is 11.0. The largest absolute Gasteiger partial charge is 0.336 e. The lowest BCUT2D eigenvalue weighted by Gasteiger charge is -2.24. The van der Waals surface area contributed by atoms with Crippen molar-refractivity contribution < 1.29 is 9.18 Å². The van der Waals surface area contributed by atoms with Gasteiger partial charge < -0.3 is 15.2 Å². The van der Waals surface area contributed by atoms with Gasteiger partial charge in [-0.1, -0.05) is 85.2 Å². The third-order valence-electron chi connectivity index (χ3n) is 6.39. The predicted molar refractivity (Wildman–Crippen MR) is 160 cm³/mol. The lowest BCUT2D eigenvalue weighted by atomic mass is 10.0. The summed E-state index contributed by atoms with van der Waals surface area (Å²) < 4.78 is 15.1. The molecule has 0 spiro atoms. The van der Waals surface area contributed by atoms with Gasteiger partial charge in [-0.05, 0) is 52.9 Å². The molecule has 0 aliphatic heterocycles. The molecule has 1 amide bonds. The van der Waals surface area contributed by atoms with Crippen molar-refractivity contribution >= 4 is 29.3 Å². The van der Waals surface area contributed by atoms with Gasteiger partial charge in [-0.25, -0.2) is 4.39 Å². The molecule has 9 heteroatoms. The standard InChI is InChI=1S/C31H32ClFN4O2S/c1-2-3-26-19-37(31(35-30(26)39)40-21-23-6-14-28(33)15-7-23)20-29(38)36(17-16-34)18-22-4-8-24(9-5-22)25-10-12-27(32)13-11-25/h4-15,19H,2-3,16-18,20-21,34H2,1H3. The first-order valence-electron chi connectivity index (χ1n) is 13.2. The van der Waals surface area contributed by atoms with Crippen molar-refractivity contribution in [1.29, 1.82) is 0 Å². The number of amides is 1. The molecule has 3 aromatic carbocycles. The first-order valence-corrected chi connectivity index (χ1v) is 14.5. The lowest BCUT2D eigenvalue weighted by molar-refractivity contribution is -0.132. The van der Waals surface area contributed by atoms with Crippen molar-refractivity contribution in [3.63, 3.8) is 0 Å². The molecule has 0 atom stereocenters. The quantitative estimate of drug-likeness (QED) is 0.166. The fourth-order valence-corrected chi connectivity index (χ4v) is 5.32. The number of benzene rings is 3. The Morgan fingerprint density at radius 1 is 1.00 bits per heavy atom. The van der Waals surface area contributed by atoms with Gasteiger partial charge in [-0.3, -0.25) is 9.59 Å². The van der Waals surface area contributed by atoms with Gasteiger partial charge in [-0.2, -0.15) is 4.98 Å². The van der Waals surface area contributed by atoms with Crippen LogP contribution >= 0.6 is 23.4 Å². The van der Waals surface area contributed by atoms with Crippen LogP contribution in [0, 0.1) is 5.82 Å². The summed E-state index contributed by atoms with van der Waals surface area (Å²) in [5, 5.41) is 1.13. The summed E-state index contributed by atoms with van der Waals surface area (Å²) in [6.45, 7) is 3.14. The van der Waals surface area contributed by atoms with Gasteiger partial charge in [0.2, 0.25) is 5.91 Å². The number of nitrogens with two attached hydrogens (primary N) is 1. The monoisotopic (exact) mass is 578 g/mol. The molecule has 2 N–H and O–H groups in total. The van der Waals surface area contributed by atoms with E-state index in [4.69, 9.17) is 17.3 Å². The van der Waals surface area contributed by atoms with E-state index in [1.807, 2.05) is 55.5 Å². The average molecular weight is 579 g/mol. The molecule has 0 saturated carbocycles. The van der Waals surface area contributed by atoms with Crippen LogP contribution in [-0.2, 0) is 30.1 Å². The number of halogens is 2. The Hall–Kier alpha value is -3.46. The molecule has 208 valence electrons. The van der Waals surface area contributed by atoms with E-state index < -0.39 is 0 Å². The Morgan fingerprint density at radius 3 is 2.25 bits per heavy atom. The summed E-state index contributed by atoms with van der Waals surface area (Å²) >= 11 is 7.35. The van der Waals surface area contributed by atoms with Crippen LogP contribution < -0.4 is 11.3 Å². The van der Waals surface area contributed by atoms with Crippen molar-refractivity contribution in [2.24, 2.45) is 5.73 Å². The van der Waals surface area contributed by atoms with Crippen LogP contribution in [-0.4, -0.2) is 33.4 Å². The van der Waals surface area contributed by atoms with Crippen LogP contribution in [0.1, 0.15) is 30.0 Å². The summed E-state index contributed by atoms with van der Waals surface area (Å²) in [6.07, 6.45) is 3.11. The van der Waals surface area contributed by atoms with Gasteiger partial charge in [0.25, 0.3) is 5.56 Å². The van der Waals surface area contributed by atoms with Crippen molar-refractivity contribution in [3.8, 4) is 11.1 Å². The molecule has 0 saturated heterocycles. The smallest absolute Gasteiger partial charge is 0.276 e. The molecule has 4 aromatic rings. The number of hydrogen-bond acceptors (Lipinski definition) is 5. The van der Waals surface area contributed by atoms with Crippen molar-refractivity contribution in [2.75, 3.05) is 13.1 Å². The Labute approximate surface area is 243 Å². The topological polar surface area (TPSA) is 81.2 Å². The van der Waals surface area contributed by atoms with E-state index in [1.54, 1.807) is 27.8 Å². The number of carbonyl (C=O) groups excluding carboxylic acids is 1. The summed E-state index contributed by atoms with van der Waals surface area (Å²) in [5.41, 5.74) is 10.1. The van der Waals surface area contributed by atoms with Crippen LogP contribution in [0.25, 0.3) is 11.1 Å². The highest BCUT2D eigenvalue weighted by molar-refractivity contribution is 7.98. The number of nitrogens with zero attached hydrogens (tertiary/aromatic N) is 3. The molecule has 40 heavy (non-hydrogen) atoms. The molecule has 0 bridgehead atoms. The number of aryl methyl sites for hydroxylation is 1. The molecule has 4 rings (SSSR count). The van der Waals surface area contributed by atoms with E-state index in [1.165, 1.54) is 23.9 Å². The fourth-order valence-electron chi connectivity index (χ4n) is 4.28. The van der Waals surface area contributed by atoms with Crippen LogP contribution in [0.15, 0.2) is 88.9 Å². The summed E-state index contributed by atoms with van der Waals surface area (Å²) in [6, 6.07) is 21.9. The zero-order chi connectivity index (χ0) is 28.5. The Kier molecular flexibility index (Phi) is 10.5. The van der Waals surface area contributed by atoms with Crippen LogP contribution in [0.5, 0.6) is 0 Å². The van der Waals surface area contributed by atoms with Gasteiger partial charge in [0.1, 0.15) is 12.4 Å². The molecule has 1 heterocycles. The second-order valence-electron chi connectivity index (χ2n) is 9.45. The highest BCUT2D eigenvalue weighted by Crippen LogP contribution is 2.23. The maximum atomic E-state index is 13.5. The number of carbonyl (C=O) groups is 1. The minimum Gasteiger partial charge on any atom is -0.336 e. The molecular formula is C31H32ClFN4O2S. The molecule has 0 unspecified atom stereocenters. The minimum atomic E-state index is -0.307. The second kappa shape index (κ2) is 14.3. The SMILES string of the molecule is CCCc1cn(CC(=O)N(CCN)Cc2ccc(-c3ccc(Cl)cc3)cc2)c(SCc2ccc(F)cc2)nc1=O. The molecule has 0 aliphatic rings. The zero-order valence-corrected chi connectivity index (χ0v) is 23.9. The van der Waals surface area contributed by atoms with E-state index in [9.17, 15) is 14.0 Å². The molecule has 0 fully saturated rings. The van der Waals surface area contributed by atoms with Gasteiger partial charge >= 0.3 is 0 Å². The highest BCUT2D eigenvalue weighted by Gasteiger charge is 2.18. The number of thioether (sulfide) groups is 1. The first-order chi connectivity index (χ1) is 19.4. The third kappa shape index (κ3) is 8.03. The number of hydrogen-bond donors (Lipinski definition) is 1. The summed E-state index contributed by atoms with van der Waals surface area (Å²) in [7, 11) is 0. The lowest BCUT2D eigenvalue weighted by Crippen LogP contribution is -2.37. The second-order valence-corrected chi connectivity index (χ2v) is 10.8. The molecular weight excluding hydrogens is 547 g/mol. The van der Waals surface area contributed by atoms with E-state index >= 15 is 0 Å².